The second-order valence-corrected chi connectivity index (χ2v) is 8.74. The Bertz CT molecular complexity index is 1300. The second-order valence-electron chi connectivity index (χ2n) is 8.74. The minimum absolute atomic E-state index is 0.00149. The van der Waals surface area contributed by atoms with Crippen LogP contribution in [0, 0.1) is 23.0 Å². The lowest BCUT2D eigenvalue weighted by Gasteiger charge is -2.48. The summed E-state index contributed by atoms with van der Waals surface area (Å²) in [6.07, 6.45) is 0.682. The zero-order chi connectivity index (χ0) is 23.9. The van der Waals surface area contributed by atoms with E-state index >= 15 is 0 Å². The van der Waals surface area contributed by atoms with E-state index in [4.69, 9.17) is 0 Å². The van der Waals surface area contributed by atoms with Gasteiger partial charge >= 0.3 is 0 Å². The summed E-state index contributed by atoms with van der Waals surface area (Å²) in [6, 6.07) is 10.6. The maximum absolute atomic E-state index is 14.6. The molecule has 1 aliphatic heterocycles. The minimum atomic E-state index is -0.584. The molecular formula is C25H27F2N5O. The van der Waals surface area contributed by atoms with Gasteiger partial charge in [0.1, 0.15) is 28.9 Å². The van der Waals surface area contributed by atoms with E-state index in [2.05, 4.69) is 34.7 Å². The van der Waals surface area contributed by atoms with Gasteiger partial charge in [-0.1, -0.05) is 13.0 Å². The zero-order valence-electron chi connectivity index (χ0n) is 19.2. The van der Waals surface area contributed by atoms with E-state index in [0.717, 1.165) is 6.07 Å². The Hall–Kier alpha value is -3.31. The van der Waals surface area contributed by atoms with Gasteiger partial charge in [-0.25, -0.2) is 13.8 Å². The lowest BCUT2D eigenvalue weighted by Crippen LogP contribution is -2.57. The van der Waals surface area contributed by atoms with Gasteiger partial charge in [-0.05, 0) is 38.5 Å². The van der Waals surface area contributed by atoms with Crippen LogP contribution in [-0.2, 0) is 7.05 Å². The molecular weight excluding hydrogens is 424 g/mol. The quantitative estimate of drug-likeness (QED) is 0.597. The molecule has 0 bridgehead atoms. The average molecular weight is 452 g/mol. The largest absolute Gasteiger partial charge is 0.364 e. The van der Waals surface area contributed by atoms with Crippen LogP contribution in [0.25, 0.3) is 11.0 Å². The molecule has 2 aromatic heterocycles. The predicted octanol–water partition coefficient (Wildman–Crippen LogP) is 4.13. The molecule has 3 atom stereocenters. The number of nitriles is 1. The summed E-state index contributed by atoms with van der Waals surface area (Å²) in [5.41, 5.74) is 2.61. The third-order valence-corrected chi connectivity index (χ3v) is 6.64. The van der Waals surface area contributed by atoms with Crippen LogP contribution >= 0.6 is 0 Å². The highest BCUT2D eigenvalue weighted by molar-refractivity contribution is 5.89. The number of anilines is 1. The van der Waals surface area contributed by atoms with Crippen molar-refractivity contribution in [2.75, 3.05) is 18.0 Å². The lowest BCUT2D eigenvalue weighted by atomic mass is 9.97. The SMILES string of the molecule is CCC(c1ccc(F)cc1F)N1C[C@H](C)N(c2cc(=O)n(C)c3ccc(C#N)nc23)C[C@H]1C. The highest BCUT2D eigenvalue weighted by Crippen LogP contribution is 2.34. The summed E-state index contributed by atoms with van der Waals surface area (Å²) in [6.45, 7) is 7.36. The van der Waals surface area contributed by atoms with Gasteiger partial charge in [0.25, 0.3) is 5.56 Å². The first kappa shape index (κ1) is 22.9. The van der Waals surface area contributed by atoms with Crippen LogP contribution in [0.15, 0.2) is 41.2 Å². The number of benzene rings is 1. The van der Waals surface area contributed by atoms with Crippen molar-refractivity contribution in [3.63, 3.8) is 0 Å². The zero-order valence-corrected chi connectivity index (χ0v) is 19.2. The minimum Gasteiger partial charge on any atom is -0.364 e. The van der Waals surface area contributed by atoms with Crippen molar-refractivity contribution in [1.29, 1.82) is 5.26 Å². The third-order valence-electron chi connectivity index (χ3n) is 6.64. The van der Waals surface area contributed by atoms with E-state index < -0.39 is 11.6 Å². The van der Waals surface area contributed by atoms with Gasteiger partial charge in [-0.2, -0.15) is 5.26 Å². The molecule has 0 amide bonds. The molecule has 1 unspecified atom stereocenters. The summed E-state index contributed by atoms with van der Waals surface area (Å²) in [4.78, 5) is 21.6. The van der Waals surface area contributed by atoms with Crippen LogP contribution in [0.4, 0.5) is 14.5 Å². The molecule has 8 heteroatoms. The molecule has 0 saturated carbocycles. The van der Waals surface area contributed by atoms with Crippen LogP contribution in [0.5, 0.6) is 0 Å². The summed E-state index contributed by atoms with van der Waals surface area (Å²) in [5.74, 6) is -1.12. The summed E-state index contributed by atoms with van der Waals surface area (Å²) in [5, 5.41) is 9.33. The molecule has 1 fully saturated rings. The fourth-order valence-corrected chi connectivity index (χ4v) is 4.92. The Balaban J connectivity index is 1.72. The van der Waals surface area contributed by atoms with Gasteiger partial charge in [0.05, 0.1) is 11.2 Å². The first-order valence-corrected chi connectivity index (χ1v) is 11.1. The van der Waals surface area contributed by atoms with Gasteiger partial charge in [-0.15, -0.1) is 0 Å². The van der Waals surface area contributed by atoms with E-state index in [1.54, 1.807) is 25.2 Å². The van der Waals surface area contributed by atoms with Gasteiger partial charge in [0.2, 0.25) is 0 Å². The molecule has 3 aromatic rings. The molecule has 1 saturated heterocycles. The molecule has 0 aliphatic carbocycles. The first-order valence-electron chi connectivity index (χ1n) is 11.1. The Morgan fingerprint density at radius 2 is 1.91 bits per heavy atom. The van der Waals surface area contributed by atoms with Crippen LogP contribution in [0.1, 0.15) is 44.5 Å². The molecule has 6 nitrogen and oxygen atoms in total. The molecule has 0 spiro atoms. The number of halogens is 2. The van der Waals surface area contributed by atoms with Crippen molar-refractivity contribution in [2.24, 2.45) is 7.05 Å². The third kappa shape index (κ3) is 4.09. The van der Waals surface area contributed by atoms with E-state index in [-0.39, 0.29) is 23.7 Å². The van der Waals surface area contributed by atoms with Gasteiger partial charge in [0, 0.05) is 56.0 Å². The Kier molecular flexibility index (Phi) is 6.17. The monoisotopic (exact) mass is 451 g/mol. The van der Waals surface area contributed by atoms with Crippen molar-refractivity contribution in [2.45, 2.75) is 45.3 Å². The maximum Gasteiger partial charge on any atom is 0.252 e. The van der Waals surface area contributed by atoms with Gasteiger partial charge in [-0.3, -0.25) is 9.69 Å². The van der Waals surface area contributed by atoms with E-state index in [1.807, 2.05) is 6.92 Å². The topological polar surface area (TPSA) is 65.2 Å². The van der Waals surface area contributed by atoms with Gasteiger partial charge < -0.3 is 9.47 Å². The number of pyridine rings is 2. The molecule has 172 valence electrons. The highest BCUT2D eigenvalue weighted by atomic mass is 19.1. The van der Waals surface area contributed by atoms with Crippen LogP contribution in [0.3, 0.4) is 0 Å². The Morgan fingerprint density at radius 1 is 1.15 bits per heavy atom. The fraction of sp³-hybridized carbons (Fsp3) is 0.400. The first-order chi connectivity index (χ1) is 15.7. The predicted molar refractivity (Wildman–Crippen MR) is 124 cm³/mol. The molecule has 1 aliphatic rings. The molecule has 0 N–H and O–H groups in total. The number of hydrogen-bond donors (Lipinski definition) is 0. The van der Waals surface area contributed by atoms with E-state index in [0.29, 0.717) is 47.5 Å². The lowest BCUT2D eigenvalue weighted by molar-refractivity contribution is 0.105. The normalized spacial score (nSPS) is 20.1. The smallest absolute Gasteiger partial charge is 0.252 e. The van der Waals surface area contributed by atoms with Crippen molar-refractivity contribution in [3.8, 4) is 6.07 Å². The molecule has 0 radical (unpaired) electrons. The Labute approximate surface area is 191 Å². The average Bonchev–Trinajstić information content (AvgIpc) is 2.79. The Morgan fingerprint density at radius 3 is 2.58 bits per heavy atom. The summed E-state index contributed by atoms with van der Waals surface area (Å²) < 4.78 is 29.6. The van der Waals surface area contributed by atoms with Crippen molar-refractivity contribution in [1.82, 2.24) is 14.5 Å². The van der Waals surface area contributed by atoms with Gasteiger partial charge in [0.15, 0.2) is 0 Å². The molecule has 33 heavy (non-hydrogen) atoms. The number of nitrogens with zero attached hydrogens (tertiary/aromatic N) is 5. The highest BCUT2D eigenvalue weighted by Gasteiger charge is 2.35. The van der Waals surface area contributed by atoms with Crippen molar-refractivity contribution in [3.05, 3.63) is 69.6 Å². The number of fused-ring (bicyclic) bond motifs is 1. The molecule has 4 rings (SSSR count). The number of piperazine rings is 1. The summed E-state index contributed by atoms with van der Waals surface area (Å²) in [7, 11) is 1.69. The maximum atomic E-state index is 14.6. The van der Waals surface area contributed by atoms with Crippen molar-refractivity contribution >= 4 is 16.7 Å². The standard InChI is InChI=1S/C25H27F2N5O/c1-5-21(19-8-6-17(26)10-20(19)27)31-13-16(3)32(14-15(31)2)23-11-24(33)30(4)22-9-7-18(12-28)29-25(22)23/h6-11,15-16,21H,5,13-14H2,1-4H3/t15-,16+,21?/m1/s1. The van der Waals surface area contributed by atoms with Crippen LogP contribution in [-0.4, -0.2) is 39.6 Å². The molecule has 1 aromatic carbocycles. The molecule has 3 heterocycles. The number of hydrogen-bond acceptors (Lipinski definition) is 5. The summed E-state index contributed by atoms with van der Waals surface area (Å²) >= 11 is 0. The van der Waals surface area contributed by atoms with E-state index in [9.17, 15) is 18.8 Å². The fourth-order valence-electron chi connectivity index (χ4n) is 4.92. The second kappa shape index (κ2) is 8.91. The number of rotatable bonds is 4. The number of aromatic nitrogens is 2. The van der Waals surface area contributed by atoms with Crippen LogP contribution in [0.2, 0.25) is 0 Å². The van der Waals surface area contributed by atoms with E-state index in [1.165, 1.54) is 16.7 Å². The number of aryl methyl sites for hydroxylation is 1. The van der Waals surface area contributed by atoms with Crippen LogP contribution < -0.4 is 10.5 Å². The van der Waals surface area contributed by atoms with Crippen molar-refractivity contribution < 1.29 is 8.78 Å².